The van der Waals surface area contributed by atoms with E-state index in [9.17, 15) is 18.4 Å². The van der Waals surface area contributed by atoms with Crippen LogP contribution in [0.25, 0.3) is 0 Å². The van der Waals surface area contributed by atoms with Crippen LogP contribution in [0, 0.1) is 17.0 Å². The Morgan fingerprint density at radius 3 is 2.60 bits per heavy atom. The third kappa shape index (κ3) is 6.08. The topological polar surface area (TPSA) is 70.2 Å². The molecule has 0 unspecified atom stereocenters. The van der Waals surface area contributed by atoms with Crippen LogP contribution in [0.4, 0.5) is 8.78 Å². The van der Waals surface area contributed by atoms with Crippen molar-refractivity contribution in [3.05, 3.63) is 35.4 Å². The Bertz CT molecular complexity index is 616. The monoisotopic (exact) mass is 353 g/mol. The van der Waals surface area contributed by atoms with E-state index >= 15 is 0 Å². The molecule has 0 aliphatic carbocycles. The second-order valence-corrected chi connectivity index (χ2v) is 6.82. The number of rotatable bonds is 7. The summed E-state index contributed by atoms with van der Waals surface area (Å²) in [5.41, 5.74) is -0.0698. The number of nitrogens with one attached hydrogen (secondary N) is 3. The largest absolute Gasteiger partial charge is 0.356 e. The first-order valence-electron chi connectivity index (χ1n) is 8.60. The molecule has 1 heterocycles. The molecule has 0 aromatic heterocycles. The molecule has 1 fully saturated rings. The highest BCUT2D eigenvalue weighted by Crippen LogP contribution is 2.26. The smallest absolute Gasteiger partial charge is 0.254 e. The van der Waals surface area contributed by atoms with Crippen molar-refractivity contribution in [2.45, 2.75) is 32.6 Å². The summed E-state index contributed by atoms with van der Waals surface area (Å²) in [5, 5.41) is 8.78. The molecule has 0 spiro atoms. The summed E-state index contributed by atoms with van der Waals surface area (Å²) in [4.78, 5) is 23.7. The summed E-state index contributed by atoms with van der Waals surface area (Å²) in [5.74, 6) is -2.29. The van der Waals surface area contributed by atoms with Crippen molar-refractivity contribution in [2.75, 3.05) is 26.2 Å². The van der Waals surface area contributed by atoms with E-state index in [1.807, 2.05) is 0 Å². The molecule has 0 radical (unpaired) electrons. The first-order chi connectivity index (χ1) is 11.9. The van der Waals surface area contributed by atoms with Crippen LogP contribution >= 0.6 is 0 Å². The maximum atomic E-state index is 13.5. The predicted octanol–water partition coefficient (Wildman–Crippen LogP) is 1.98. The van der Waals surface area contributed by atoms with Gasteiger partial charge in [-0.15, -0.1) is 0 Å². The summed E-state index contributed by atoms with van der Waals surface area (Å²) in [6.07, 6.45) is 2.82. The van der Waals surface area contributed by atoms with Gasteiger partial charge in [-0.25, -0.2) is 8.78 Å². The molecule has 7 heteroatoms. The van der Waals surface area contributed by atoms with Crippen molar-refractivity contribution in [3.63, 3.8) is 0 Å². The predicted molar refractivity (Wildman–Crippen MR) is 91.1 cm³/mol. The molecule has 138 valence electrons. The van der Waals surface area contributed by atoms with Crippen LogP contribution in [-0.2, 0) is 4.79 Å². The average molecular weight is 353 g/mol. The molecule has 1 saturated heterocycles. The van der Waals surface area contributed by atoms with E-state index in [0.717, 1.165) is 38.1 Å². The molecule has 0 bridgehead atoms. The standard InChI is InChI=1S/C18H25F2N3O2/c1-18(6-9-21-10-7-18)12-23-16(24)3-2-8-22-17(25)14-5-4-13(19)11-15(14)20/h4-5,11,21H,2-3,6-10,12H2,1H3,(H,22,25)(H,23,24). The van der Waals surface area contributed by atoms with E-state index in [0.29, 0.717) is 25.5 Å². The number of hydrogen-bond donors (Lipinski definition) is 3. The fraction of sp³-hybridized carbons (Fsp3) is 0.556. The maximum Gasteiger partial charge on any atom is 0.254 e. The lowest BCUT2D eigenvalue weighted by atomic mass is 9.81. The highest BCUT2D eigenvalue weighted by molar-refractivity contribution is 5.94. The molecule has 2 amide bonds. The van der Waals surface area contributed by atoms with Crippen molar-refractivity contribution >= 4 is 11.8 Å². The second-order valence-electron chi connectivity index (χ2n) is 6.82. The van der Waals surface area contributed by atoms with E-state index in [1.54, 1.807) is 0 Å². The van der Waals surface area contributed by atoms with Crippen LogP contribution < -0.4 is 16.0 Å². The zero-order valence-corrected chi connectivity index (χ0v) is 14.5. The molecule has 0 saturated carbocycles. The van der Waals surface area contributed by atoms with Crippen LogP contribution in [0.1, 0.15) is 43.0 Å². The molecular formula is C18H25F2N3O2. The van der Waals surface area contributed by atoms with Gasteiger partial charge in [0.25, 0.3) is 5.91 Å². The molecule has 1 aliphatic rings. The first kappa shape index (κ1) is 19.3. The highest BCUT2D eigenvalue weighted by Gasteiger charge is 2.26. The van der Waals surface area contributed by atoms with E-state index in [1.165, 1.54) is 0 Å². The Labute approximate surface area is 146 Å². The fourth-order valence-electron chi connectivity index (χ4n) is 2.83. The summed E-state index contributed by atoms with van der Waals surface area (Å²) in [7, 11) is 0. The molecule has 0 atom stereocenters. The quantitative estimate of drug-likeness (QED) is 0.657. The minimum atomic E-state index is -0.898. The molecule has 2 rings (SSSR count). The van der Waals surface area contributed by atoms with Gasteiger partial charge in [0, 0.05) is 25.6 Å². The second kappa shape index (κ2) is 8.89. The number of benzene rings is 1. The molecule has 25 heavy (non-hydrogen) atoms. The Kier molecular flexibility index (Phi) is 6.87. The number of carbonyl (C=O) groups is 2. The van der Waals surface area contributed by atoms with Crippen molar-refractivity contribution in [1.29, 1.82) is 0 Å². The van der Waals surface area contributed by atoms with Crippen molar-refractivity contribution in [1.82, 2.24) is 16.0 Å². The maximum absolute atomic E-state index is 13.5. The number of hydrogen-bond acceptors (Lipinski definition) is 3. The van der Waals surface area contributed by atoms with E-state index < -0.39 is 17.5 Å². The van der Waals surface area contributed by atoms with Crippen LogP contribution in [-0.4, -0.2) is 38.0 Å². The SMILES string of the molecule is CC1(CNC(=O)CCCNC(=O)c2ccc(F)cc2F)CCNCC1. The van der Waals surface area contributed by atoms with Crippen molar-refractivity contribution < 1.29 is 18.4 Å². The van der Waals surface area contributed by atoms with E-state index in [-0.39, 0.29) is 23.4 Å². The molecule has 5 nitrogen and oxygen atoms in total. The highest BCUT2D eigenvalue weighted by atomic mass is 19.1. The van der Waals surface area contributed by atoms with Crippen LogP contribution in [0.2, 0.25) is 0 Å². The van der Waals surface area contributed by atoms with Gasteiger partial charge in [-0.2, -0.15) is 0 Å². The normalized spacial score (nSPS) is 16.3. The zero-order valence-electron chi connectivity index (χ0n) is 14.5. The van der Waals surface area contributed by atoms with Gasteiger partial charge in [0.2, 0.25) is 5.91 Å². The van der Waals surface area contributed by atoms with Crippen molar-refractivity contribution in [3.8, 4) is 0 Å². The van der Waals surface area contributed by atoms with Crippen molar-refractivity contribution in [2.24, 2.45) is 5.41 Å². The lowest BCUT2D eigenvalue weighted by molar-refractivity contribution is -0.121. The van der Waals surface area contributed by atoms with Gasteiger partial charge in [0.1, 0.15) is 11.6 Å². The summed E-state index contributed by atoms with van der Waals surface area (Å²) >= 11 is 0. The Morgan fingerprint density at radius 1 is 1.20 bits per heavy atom. The lowest BCUT2D eigenvalue weighted by Gasteiger charge is -2.34. The molecule has 1 aromatic carbocycles. The number of piperidine rings is 1. The minimum Gasteiger partial charge on any atom is -0.356 e. The average Bonchev–Trinajstić information content (AvgIpc) is 2.57. The van der Waals surface area contributed by atoms with Gasteiger partial charge >= 0.3 is 0 Å². The van der Waals surface area contributed by atoms with E-state index in [2.05, 4.69) is 22.9 Å². The Morgan fingerprint density at radius 2 is 1.92 bits per heavy atom. The van der Waals surface area contributed by atoms with E-state index in [4.69, 9.17) is 0 Å². The van der Waals surface area contributed by atoms with Gasteiger partial charge in [-0.05, 0) is 49.9 Å². The molecule has 3 N–H and O–H groups in total. The Hall–Kier alpha value is -2.02. The number of carbonyl (C=O) groups excluding carboxylic acids is 2. The fourth-order valence-corrected chi connectivity index (χ4v) is 2.83. The van der Waals surface area contributed by atoms with Crippen LogP contribution in [0.3, 0.4) is 0 Å². The van der Waals surface area contributed by atoms with Gasteiger partial charge < -0.3 is 16.0 Å². The third-order valence-electron chi connectivity index (χ3n) is 4.56. The third-order valence-corrected chi connectivity index (χ3v) is 4.56. The lowest BCUT2D eigenvalue weighted by Crippen LogP contribution is -2.43. The van der Waals surface area contributed by atoms with Gasteiger partial charge in [0.05, 0.1) is 5.56 Å². The molecule has 1 aliphatic heterocycles. The summed E-state index contributed by atoms with van der Waals surface area (Å²) < 4.78 is 26.3. The number of halogens is 2. The van der Waals surface area contributed by atoms with Crippen LogP contribution in [0.5, 0.6) is 0 Å². The first-order valence-corrected chi connectivity index (χ1v) is 8.60. The van der Waals surface area contributed by atoms with Gasteiger partial charge in [-0.1, -0.05) is 6.92 Å². The zero-order chi connectivity index (χ0) is 18.3. The molecular weight excluding hydrogens is 328 g/mol. The Balaban J connectivity index is 1.65. The minimum absolute atomic E-state index is 0.0537. The number of amides is 2. The van der Waals surface area contributed by atoms with Gasteiger partial charge in [-0.3, -0.25) is 9.59 Å². The van der Waals surface area contributed by atoms with Crippen LogP contribution in [0.15, 0.2) is 18.2 Å². The summed E-state index contributed by atoms with van der Waals surface area (Å²) in [6, 6.07) is 2.81. The van der Waals surface area contributed by atoms with Gasteiger partial charge in [0.15, 0.2) is 0 Å². The summed E-state index contributed by atoms with van der Waals surface area (Å²) in [6.45, 7) is 5.02. The molecule has 1 aromatic rings.